The Morgan fingerprint density at radius 1 is 1.28 bits per heavy atom. The molecule has 0 radical (unpaired) electrons. The third-order valence-corrected chi connectivity index (χ3v) is 6.32. The fraction of sp³-hybridized carbons (Fsp3) is 0.500. The van der Waals surface area contributed by atoms with E-state index in [2.05, 4.69) is 0 Å². The summed E-state index contributed by atoms with van der Waals surface area (Å²) in [5.41, 5.74) is 0.784. The van der Waals surface area contributed by atoms with Gasteiger partial charge in [0.25, 0.3) is 0 Å². The van der Waals surface area contributed by atoms with Crippen LogP contribution in [0.1, 0.15) is 25.5 Å². The molecule has 0 spiro atoms. The number of halogens is 2. The lowest BCUT2D eigenvalue weighted by Crippen LogP contribution is -2.37. The molecule has 0 aliphatic rings. The Balaban J connectivity index is 3.05. The van der Waals surface area contributed by atoms with Gasteiger partial charge in [-0.25, -0.2) is 8.42 Å². The zero-order chi connectivity index (χ0) is 13.9. The van der Waals surface area contributed by atoms with Crippen LogP contribution in [-0.2, 0) is 10.0 Å². The van der Waals surface area contributed by atoms with Crippen molar-refractivity contribution in [1.82, 2.24) is 4.31 Å². The van der Waals surface area contributed by atoms with Gasteiger partial charge >= 0.3 is 0 Å². The average molecular weight is 310 g/mol. The Morgan fingerprint density at radius 2 is 1.83 bits per heavy atom. The molecule has 0 heterocycles. The van der Waals surface area contributed by atoms with E-state index >= 15 is 0 Å². The SMILES string of the molecule is CC(c1ccccc1Cl)N(C)S(=O)(=O)C(C)CCl. The number of nitrogens with zero attached hydrogens (tertiary/aromatic N) is 1. The maximum absolute atomic E-state index is 12.2. The van der Waals surface area contributed by atoms with E-state index in [1.165, 1.54) is 4.31 Å². The van der Waals surface area contributed by atoms with Crippen LogP contribution in [0.25, 0.3) is 0 Å². The molecule has 0 aliphatic heterocycles. The van der Waals surface area contributed by atoms with Crippen LogP contribution in [0.5, 0.6) is 0 Å². The van der Waals surface area contributed by atoms with E-state index in [1.807, 2.05) is 18.2 Å². The van der Waals surface area contributed by atoms with Crippen LogP contribution in [-0.4, -0.2) is 30.9 Å². The number of alkyl halides is 1. The Kier molecular flexibility index (Phi) is 5.46. The van der Waals surface area contributed by atoms with Crippen LogP contribution in [0.3, 0.4) is 0 Å². The fourth-order valence-electron chi connectivity index (χ4n) is 1.59. The highest BCUT2D eigenvalue weighted by Gasteiger charge is 2.30. The summed E-state index contributed by atoms with van der Waals surface area (Å²) in [6.07, 6.45) is 0. The minimum atomic E-state index is -3.41. The molecule has 3 nitrogen and oxygen atoms in total. The van der Waals surface area contributed by atoms with E-state index in [-0.39, 0.29) is 11.9 Å². The lowest BCUT2D eigenvalue weighted by Gasteiger charge is -2.27. The minimum Gasteiger partial charge on any atom is -0.212 e. The van der Waals surface area contributed by atoms with Crippen LogP contribution >= 0.6 is 23.2 Å². The van der Waals surface area contributed by atoms with Gasteiger partial charge in [-0.05, 0) is 25.5 Å². The molecule has 0 N–H and O–H groups in total. The molecule has 2 unspecified atom stereocenters. The van der Waals surface area contributed by atoms with Crippen molar-refractivity contribution in [3.63, 3.8) is 0 Å². The van der Waals surface area contributed by atoms with Crippen molar-refractivity contribution in [2.24, 2.45) is 0 Å². The molecule has 2 atom stereocenters. The van der Waals surface area contributed by atoms with E-state index in [9.17, 15) is 8.42 Å². The smallest absolute Gasteiger partial charge is 0.212 e. The Labute approximate surface area is 119 Å². The summed E-state index contributed by atoms with van der Waals surface area (Å²) < 4.78 is 25.7. The second-order valence-electron chi connectivity index (χ2n) is 4.22. The van der Waals surface area contributed by atoms with E-state index in [0.29, 0.717) is 5.02 Å². The second kappa shape index (κ2) is 6.24. The van der Waals surface area contributed by atoms with Crippen molar-refractivity contribution in [1.29, 1.82) is 0 Å². The summed E-state index contributed by atoms with van der Waals surface area (Å²) >= 11 is 11.7. The number of rotatable bonds is 5. The monoisotopic (exact) mass is 309 g/mol. The van der Waals surface area contributed by atoms with Gasteiger partial charge in [0, 0.05) is 24.0 Å². The van der Waals surface area contributed by atoms with Crippen molar-refractivity contribution in [2.75, 3.05) is 12.9 Å². The molecule has 0 aromatic heterocycles. The molecule has 1 aromatic carbocycles. The van der Waals surface area contributed by atoms with Gasteiger partial charge in [0.05, 0.1) is 5.25 Å². The molecule has 0 fully saturated rings. The molecule has 102 valence electrons. The lowest BCUT2D eigenvalue weighted by molar-refractivity contribution is 0.394. The summed E-state index contributed by atoms with van der Waals surface area (Å²) in [5.74, 6) is 0.0713. The first-order valence-electron chi connectivity index (χ1n) is 5.59. The van der Waals surface area contributed by atoms with Crippen molar-refractivity contribution in [3.8, 4) is 0 Å². The van der Waals surface area contributed by atoms with E-state index in [1.54, 1.807) is 27.0 Å². The summed E-state index contributed by atoms with van der Waals surface area (Å²) in [6.45, 7) is 3.40. The van der Waals surface area contributed by atoms with Gasteiger partial charge in [0.2, 0.25) is 10.0 Å². The normalized spacial score (nSPS) is 15.7. The van der Waals surface area contributed by atoms with Gasteiger partial charge in [-0.3, -0.25) is 0 Å². The third kappa shape index (κ3) is 3.18. The molecule has 0 aliphatic carbocycles. The van der Waals surface area contributed by atoms with E-state index in [0.717, 1.165) is 5.56 Å². The first kappa shape index (κ1) is 15.8. The molecule has 0 saturated heterocycles. The zero-order valence-corrected chi connectivity index (χ0v) is 12.9. The lowest BCUT2D eigenvalue weighted by atomic mass is 10.1. The third-order valence-electron chi connectivity index (χ3n) is 3.03. The molecule has 6 heteroatoms. The second-order valence-corrected chi connectivity index (χ2v) is 7.35. The quantitative estimate of drug-likeness (QED) is 0.783. The maximum atomic E-state index is 12.2. The van der Waals surface area contributed by atoms with Gasteiger partial charge < -0.3 is 0 Å². The van der Waals surface area contributed by atoms with Crippen LogP contribution in [0, 0.1) is 0 Å². The summed E-state index contributed by atoms with van der Waals surface area (Å²) in [5, 5.41) is -0.0559. The van der Waals surface area contributed by atoms with Crippen molar-refractivity contribution in [3.05, 3.63) is 34.9 Å². The standard InChI is InChI=1S/C12H17Cl2NO2S/c1-9(8-13)18(16,17)15(3)10(2)11-6-4-5-7-12(11)14/h4-7,9-10H,8H2,1-3H3. The zero-order valence-electron chi connectivity index (χ0n) is 10.6. The largest absolute Gasteiger partial charge is 0.218 e. The fourth-order valence-corrected chi connectivity index (χ4v) is 3.65. The Morgan fingerprint density at radius 3 is 2.33 bits per heavy atom. The average Bonchev–Trinajstić information content (AvgIpc) is 2.36. The number of hydrogen-bond donors (Lipinski definition) is 0. The molecule has 0 saturated carbocycles. The molecule has 18 heavy (non-hydrogen) atoms. The Hall–Kier alpha value is -0.290. The molecule has 1 rings (SSSR count). The minimum absolute atomic E-state index is 0.0713. The maximum Gasteiger partial charge on any atom is 0.218 e. The predicted octanol–water partition coefficient (Wildman–Crippen LogP) is 3.29. The van der Waals surface area contributed by atoms with E-state index < -0.39 is 15.3 Å². The molecular weight excluding hydrogens is 293 g/mol. The highest BCUT2D eigenvalue weighted by atomic mass is 35.5. The van der Waals surface area contributed by atoms with Crippen LogP contribution in [0.15, 0.2) is 24.3 Å². The first-order valence-corrected chi connectivity index (χ1v) is 8.01. The van der Waals surface area contributed by atoms with Crippen LogP contribution in [0.4, 0.5) is 0 Å². The van der Waals surface area contributed by atoms with Gasteiger partial charge in [-0.1, -0.05) is 29.8 Å². The van der Waals surface area contributed by atoms with Gasteiger partial charge in [0.1, 0.15) is 0 Å². The topological polar surface area (TPSA) is 37.4 Å². The van der Waals surface area contributed by atoms with Gasteiger partial charge in [-0.2, -0.15) is 4.31 Å². The molecule has 0 bridgehead atoms. The summed E-state index contributed by atoms with van der Waals surface area (Å²) in [7, 11) is -1.86. The van der Waals surface area contributed by atoms with Crippen molar-refractivity contribution in [2.45, 2.75) is 25.1 Å². The van der Waals surface area contributed by atoms with Crippen molar-refractivity contribution < 1.29 is 8.42 Å². The first-order chi connectivity index (χ1) is 8.32. The van der Waals surface area contributed by atoms with Crippen molar-refractivity contribution >= 4 is 33.2 Å². The molecular formula is C12H17Cl2NO2S. The Bertz CT molecular complexity index is 505. The number of sulfonamides is 1. The van der Waals surface area contributed by atoms with Crippen LogP contribution < -0.4 is 0 Å². The molecule has 1 aromatic rings. The highest BCUT2D eigenvalue weighted by Crippen LogP contribution is 2.29. The van der Waals surface area contributed by atoms with Crippen LogP contribution in [0.2, 0.25) is 5.02 Å². The number of hydrogen-bond acceptors (Lipinski definition) is 2. The van der Waals surface area contributed by atoms with Gasteiger partial charge in [-0.15, -0.1) is 11.6 Å². The summed E-state index contributed by atoms with van der Waals surface area (Å²) in [6, 6.07) is 6.90. The predicted molar refractivity (Wildman–Crippen MR) is 76.7 cm³/mol. The van der Waals surface area contributed by atoms with Gasteiger partial charge in [0.15, 0.2) is 0 Å². The summed E-state index contributed by atoms with van der Waals surface area (Å²) in [4.78, 5) is 0. The molecule has 0 amide bonds. The van der Waals surface area contributed by atoms with E-state index in [4.69, 9.17) is 23.2 Å². The number of benzene rings is 1. The highest BCUT2D eigenvalue weighted by molar-refractivity contribution is 7.89.